The van der Waals surface area contributed by atoms with Crippen LogP contribution in [0.25, 0.3) is 0 Å². The molecular weight excluding hydrogens is 368 g/mol. The van der Waals surface area contributed by atoms with Gasteiger partial charge < -0.3 is 10.1 Å². The summed E-state index contributed by atoms with van der Waals surface area (Å²) >= 11 is 0. The van der Waals surface area contributed by atoms with Crippen LogP contribution in [0.1, 0.15) is 12.5 Å². The van der Waals surface area contributed by atoms with Crippen molar-refractivity contribution in [1.82, 2.24) is 0 Å². The zero-order valence-electron chi connectivity index (χ0n) is 9.64. The molecule has 3 nitrogen and oxygen atoms in total. The SMILES string of the molecule is CCOC(=O)C1Cc2ccccc2N1.Cl.Cl.[SnH2]. The maximum atomic E-state index is 11.4. The van der Waals surface area contributed by atoms with Crippen LogP contribution < -0.4 is 5.32 Å². The van der Waals surface area contributed by atoms with E-state index in [-0.39, 0.29) is 60.7 Å². The van der Waals surface area contributed by atoms with Crippen LogP contribution in [0.5, 0.6) is 0 Å². The second kappa shape index (κ2) is 8.89. The van der Waals surface area contributed by atoms with Gasteiger partial charge in [-0.15, -0.1) is 24.8 Å². The number of carbonyl (C=O) groups excluding carboxylic acids is 1. The van der Waals surface area contributed by atoms with E-state index in [0.29, 0.717) is 6.61 Å². The minimum absolute atomic E-state index is 0. The summed E-state index contributed by atoms with van der Waals surface area (Å²) in [7, 11) is 0. The van der Waals surface area contributed by atoms with Crippen LogP contribution in [0.4, 0.5) is 5.69 Å². The molecule has 0 saturated heterocycles. The molecule has 2 radical (unpaired) electrons. The van der Waals surface area contributed by atoms with Crippen molar-refractivity contribution in [3.8, 4) is 0 Å². The van der Waals surface area contributed by atoms with E-state index in [1.165, 1.54) is 5.56 Å². The van der Waals surface area contributed by atoms with Crippen LogP contribution >= 0.6 is 24.8 Å². The van der Waals surface area contributed by atoms with Crippen LogP contribution in [0.15, 0.2) is 24.3 Å². The molecule has 1 aliphatic rings. The van der Waals surface area contributed by atoms with Crippen molar-refractivity contribution in [3.63, 3.8) is 0 Å². The summed E-state index contributed by atoms with van der Waals surface area (Å²) in [5.74, 6) is -0.163. The van der Waals surface area contributed by atoms with Crippen LogP contribution in [-0.2, 0) is 16.0 Å². The van der Waals surface area contributed by atoms with Crippen LogP contribution in [-0.4, -0.2) is 42.5 Å². The van der Waals surface area contributed by atoms with Crippen molar-refractivity contribution in [2.45, 2.75) is 19.4 Å². The van der Waals surface area contributed by atoms with E-state index in [0.717, 1.165) is 12.1 Å². The van der Waals surface area contributed by atoms with Gasteiger partial charge in [0.1, 0.15) is 6.04 Å². The first-order chi connectivity index (χ1) is 6.81. The van der Waals surface area contributed by atoms with Crippen LogP contribution in [0.2, 0.25) is 0 Å². The number of halogens is 2. The van der Waals surface area contributed by atoms with Gasteiger partial charge in [0, 0.05) is 12.1 Å². The summed E-state index contributed by atoms with van der Waals surface area (Å²) in [6.07, 6.45) is 0.731. The average molecular weight is 385 g/mol. The van der Waals surface area contributed by atoms with Crippen molar-refractivity contribution in [1.29, 1.82) is 0 Å². The fourth-order valence-corrected chi connectivity index (χ4v) is 1.68. The van der Waals surface area contributed by atoms with E-state index in [4.69, 9.17) is 4.74 Å². The number of hydrogen-bond acceptors (Lipinski definition) is 3. The molecule has 0 saturated carbocycles. The van der Waals surface area contributed by atoms with Gasteiger partial charge in [-0.2, -0.15) is 0 Å². The number of rotatable bonds is 2. The standard InChI is InChI=1S/C11H13NO2.2ClH.Sn.2H/c1-2-14-11(13)10-7-8-5-3-4-6-9(8)12-10;;;;;/h3-6,10,12H,2,7H2,1H3;2*1H;;;. The first-order valence-corrected chi connectivity index (χ1v) is 4.82. The Morgan fingerprint density at radius 2 is 2.06 bits per heavy atom. The molecule has 1 atom stereocenters. The van der Waals surface area contributed by atoms with Gasteiger partial charge in [-0.25, -0.2) is 4.79 Å². The average Bonchev–Trinajstić information content (AvgIpc) is 2.61. The Balaban J connectivity index is 0. The van der Waals surface area contributed by atoms with Crippen LogP contribution in [0, 0.1) is 0 Å². The van der Waals surface area contributed by atoms with E-state index in [2.05, 4.69) is 5.32 Å². The van der Waals surface area contributed by atoms with Crippen molar-refractivity contribution in [2.75, 3.05) is 11.9 Å². The summed E-state index contributed by atoms with van der Waals surface area (Å²) < 4.78 is 4.96. The van der Waals surface area contributed by atoms with E-state index >= 15 is 0 Å². The predicted octanol–water partition coefficient (Wildman–Crippen LogP) is 1.51. The third-order valence-electron chi connectivity index (χ3n) is 2.34. The predicted molar refractivity (Wildman–Crippen MR) is 77.2 cm³/mol. The Labute approximate surface area is 130 Å². The molecule has 96 valence electrons. The monoisotopic (exact) mass is 385 g/mol. The summed E-state index contributed by atoms with van der Waals surface area (Å²) in [6, 6.07) is 7.75. The van der Waals surface area contributed by atoms with Gasteiger partial charge in [0.15, 0.2) is 0 Å². The number of ether oxygens (including phenoxy) is 1. The molecule has 1 heterocycles. The molecule has 0 bridgehead atoms. The number of esters is 1. The normalized spacial score (nSPS) is 15.2. The van der Waals surface area contributed by atoms with E-state index in [1.807, 2.05) is 31.2 Å². The molecule has 1 aromatic rings. The number of anilines is 1. The summed E-state index contributed by atoms with van der Waals surface area (Å²) in [5, 5.41) is 3.14. The molecule has 6 heteroatoms. The molecule has 1 aliphatic heterocycles. The minimum atomic E-state index is -0.202. The van der Waals surface area contributed by atoms with Gasteiger partial charge in [-0.1, -0.05) is 18.2 Å². The molecule has 1 unspecified atom stereocenters. The summed E-state index contributed by atoms with van der Waals surface area (Å²) in [6.45, 7) is 2.26. The Morgan fingerprint density at radius 3 is 2.65 bits per heavy atom. The van der Waals surface area contributed by atoms with Gasteiger partial charge in [-0.05, 0) is 18.6 Å². The van der Waals surface area contributed by atoms with Gasteiger partial charge in [0.25, 0.3) is 0 Å². The molecule has 0 amide bonds. The molecule has 1 aromatic carbocycles. The first kappa shape index (κ1) is 19.2. The molecule has 0 aliphatic carbocycles. The number of para-hydroxylation sites is 1. The number of fused-ring (bicyclic) bond motifs is 1. The van der Waals surface area contributed by atoms with Crippen LogP contribution in [0.3, 0.4) is 0 Å². The molecule has 0 aromatic heterocycles. The molecule has 2 rings (SSSR count). The zero-order chi connectivity index (χ0) is 9.97. The molecule has 17 heavy (non-hydrogen) atoms. The van der Waals surface area contributed by atoms with Gasteiger partial charge in [0.05, 0.1) is 6.61 Å². The van der Waals surface area contributed by atoms with Gasteiger partial charge >= 0.3 is 29.9 Å². The fourth-order valence-electron chi connectivity index (χ4n) is 1.68. The number of carbonyl (C=O) groups is 1. The zero-order valence-corrected chi connectivity index (χ0v) is 15.3. The maximum absolute atomic E-state index is 11.4. The first-order valence-electron chi connectivity index (χ1n) is 4.82. The second-order valence-electron chi connectivity index (χ2n) is 3.31. The Kier molecular flexibility index (Phi) is 10.0. The number of benzene rings is 1. The van der Waals surface area contributed by atoms with E-state index in [1.54, 1.807) is 0 Å². The number of hydrogen-bond donors (Lipinski definition) is 1. The number of nitrogens with one attached hydrogen (secondary N) is 1. The van der Waals surface area contributed by atoms with Crippen molar-refractivity contribution >= 4 is 60.4 Å². The Bertz CT molecular complexity index is 338. The van der Waals surface area contributed by atoms with Gasteiger partial charge in [0.2, 0.25) is 0 Å². The Hall–Kier alpha value is -0.131. The van der Waals surface area contributed by atoms with E-state index in [9.17, 15) is 4.79 Å². The van der Waals surface area contributed by atoms with Crippen molar-refractivity contribution in [2.24, 2.45) is 0 Å². The topological polar surface area (TPSA) is 38.3 Å². The van der Waals surface area contributed by atoms with Gasteiger partial charge in [-0.3, -0.25) is 0 Å². The van der Waals surface area contributed by atoms with Crippen molar-refractivity contribution in [3.05, 3.63) is 29.8 Å². The summed E-state index contributed by atoms with van der Waals surface area (Å²) in [5.41, 5.74) is 2.23. The molecule has 1 N–H and O–H groups in total. The third kappa shape index (κ3) is 4.56. The quantitative estimate of drug-likeness (QED) is 0.620. The molecule has 0 fully saturated rings. The third-order valence-corrected chi connectivity index (χ3v) is 2.34. The van der Waals surface area contributed by atoms with Crippen molar-refractivity contribution < 1.29 is 9.53 Å². The Morgan fingerprint density at radius 1 is 1.41 bits per heavy atom. The molecule has 0 spiro atoms. The molecular formula is C11H17Cl2NO2Sn. The summed E-state index contributed by atoms with van der Waals surface area (Å²) in [4.78, 5) is 11.4. The second-order valence-corrected chi connectivity index (χ2v) is 3.31. The fraction of sp³-hybridized carbons (Fsp3) is 0.364. The van der Waals surface area contributed by atoms with E-state index < -0.39 is 0 Å².